The molecule has 6 nitrogen and oxygen atoms in total. The van der Waals surface area contributed by atoms with Gasteiger partial charge < -0.3 is 11.1 Å². The molecule has 92 valence electrons. The lowest BCUT2D eigenvalue weighted by Crippen LogP contribution is -2.43. The Bertz CT molecular complexity index is 248. The molecule has 0 bridgehead atoms. The molecule has 0 aliphatic rings. The van der Waals surface area contributed by atoms with Gasteiger partial charge in [-0.15, -0.1) is 11.6 Å². The fourth-order valence-corrected chi connectivity index (χ4v) is 1.07. The third kappa shape index (κ3) is 5.67. The number of nitrogens with two attached hydrogens (primary N) is 1. The smallest absolute Gasteiger partial charge is 0.318 e. The summed E-state index contributed by atoms with van der Waals surface area (Å²) in [6.07, 6.45) is 1.38. The van der Waals surface area contributed by atoms with E-state index in [-0.39, 0.29) is 6.54 Å². The molecular formula is C9H16ClN3O3. The number of alkyl halides is 1. The van der Waals surface area contributed by atoms with Gasteiger partial charge in [0, 0.05) is 19.0 Å². The highest BCUT2D eigenvalue weighted by atomic mass is 35.5. The number of halogens is 1. The van der Waals surface area contributed by atoms with Gasteiger partial charge in [-0.05, 0) is 19.4 Å². The van der Waals surface area contributed by atoms with Gasteiger partial charge in [-0.2, -0.15) is 0 Å². The SMILES string of the molecule is NCCCN(C=O)C(=O)C(=O)NCCCCl. The lowest BCUT2D eigenvalue weighted by atomic mass is 10.3. The number of carbonyl (C=O) groups is 3. The van der Waals surface area contributed by atoms with E-state index in [0.29, 0.717) is 38.2 Å². The van der Waals surface area contributed by atoms with Gasteiger partial charge in [0.1, 0.15) is 0 Å². The molecule has 0 heterocycles. The highest BCUT2D eigenvalue weighted by Gasteiger charge is 2.20. The van der Waals surface area contributed by atoms with Crippen molar-refractivity contribution in [1.82, 2.24) is 10.2 Å². The van der Waals surface area contributed by atoms with E-state index in [9.17, 15) is 14.4 Å². The van der Waals surface area contributed by atoms with Gasteiger partial charge in [0.2, 0.25) is 6.41 Å². The van der Waals surface area contributed by atoms with E-state index in [1.54, 1.807) is 0 Å². The number of carbonyl (C=O) groups excluding carboxylic acids is 3. The molecule has 0 saturated carbocycles. The minimum atomic E-state index is -0.863. The van der Waals surface area contributed by atoms with Crippen molar-refractivity contribution in [2.75, 3.05) is 25.5 Å². The van der Waals surface area contributed by atoms with Gasteiger partial charge >= 0.3 is 11.8 Å². The summed E-state index contributed by atoms with van der Waals surface area (Å²) in [7, 11) is 0. The Labute approximate surface area is 99.1 Å². The maximum absolute atomic E-state index is 11.4. The van der Waals surface area contributed by atoms with Gasteiger partial charge in [-0.25, -0.2) is 0 Å². The summed E-state index contributed by atoms with van der Waals surface area (Å²) < 4.78 is 0. The lowest BCUT2D eigenvalue weighted by Gasteiger charge is -2.14. The van der Waals surface area contributed by atoms with Crippen molar-refractivity contribution >= 4 is 29.8 Å². The van der Waals surface area contributed by atoms with Gasteiger partial charge in [-0.1, -0.05) is 0 Å². The monoisotopic (exact) mass is 249 g/mol. The first-order valence-corrected chi connectivity index (χ1v) is 5.51. The molecule has 16 heavy (non-hydrogen) atoms. The minimum Gasteiger partial charge on any atom is -0.348 e. The first-order chi connectivity index (χ1) is 7.67. The lowest BCUT2D eigenvalue weighted by molar-refractivity contribution is -0.148. The zero-order valence-electron chi connectivity index (χ0n) is 8.95. The van der Waals surface area contributed by atoms with Crippen molar-refractivity contribution in [2.45, 2.75) is 12.8 Å². The van der Waals surface area contributed by atoms with Crippen molar-refractivity contribution in [3.05, 3.63) is 0 Å². The molecule has 3 N–H and O–H groups in total. The summed E-state index contributed by atoms with van der Waals surface area (Å²) in [5, 5.41) is 2.37. The van der Waals surface area contributed by atoms with E-state index in [2.05, 4.69) is 5.32 Å². The summed E-state index contributed by atoms with van der Waals surface area (Å²) in [5.74, 6) is -1.26. The zero-order chi connectivity index (χ0) is 12.4. The topological polar surface area (TPSA) is 92.5 Å². The summed E-state index contributed by atoms with van der Waals surface area (Å²) in [5.41, 5.74) is 5.24. The van der Waals surface area contributed by atoms with Crippen LogP contribution in [0.4, 0.5) is 0 Å². The van der Waals surface area contributed by atoms with Gasteiger partial charge in [-0.3, -0.25) is 19.3 Å². The van der Waals surface area contributed by atoms with E-state index in [1.807, 2.05) is 0 Å². The molecule has 7 heteroatoms. The summed E-state index contributed by atoms with van der Waals surface area (Å²) in [4.78, 5) is 34.0. The van der Waals surface area contributed by atoms with Crippen LogP contribution in [-0.2, 0) is 14.4 Å². The molecule has 0 aliphatic heterocycles. The van der Waals surface area contributed by atoms with Crippen LogP contribution in [0.1, 0.15) is 12.8 Å². The van der Waals surface area contributed by atoms with Crippen LogP contribution in [0.25, 0.3) is 0 Å². The Morgan fingerprint density at radius 2 is 2.06 bits per heavy atom. The van der Waals surface area contributed by atoms with Crippen molar-refractivity contribution in [3.8, 4) is 0 Å². The molecule has 0 aromatic carbocycles. The second kappa shape index (κ2) is 9.11. The molecule has 0 unspecified atom stereocenters. The molecule has 0 fully saturated rings. The molecule has 0 spiro atoms. The van der Waals surface area contributed by atoms with Crippen LogP contribution in [0.15, 0.2) is 0 Å². The molecule has 0 radical (unpaired) electrons. The predicted octanol–water partition coefficient (Wildman–Crippen LogP) is -0.935. The van der Waals surface area contributed by atoms with Crippen LogP contribution in [0, 0.1) is 0 Å². The Kier molecular flexibility index (Phi) is 8.46. The first kappa shape index (κ1) is 14.9. The van der Waals surface area contributed by atoms with Crippen LogP contribution < -0.4 is 11.1 Å². The first-order valence-electron chi connectivity index (χ1n) is 4.97. The standard InChI is InChI=1S/C9H16ClN3O3/c10-3-1-5-12-8(15)9(16)13(7-14)6-2-4-11/h7H,1-6,11H2,(H,12,15). The number of rotatable bonds is 7. The normalized spacial score (nSPS) is 9.62. The van der Waals surface area contributed by atoms with Gasteiger partial charge in [0.05, 0.1) is 0 Å². The third-order valence-electron chi connectivity index (χ3n) is 1.78. The molecule has 3 amide bonds. The van der Waals surface area contributed by atoms with Crippen molar-refractivity contribution in [1.29, 1.82) is 0 Å². The Morgan fingerprint density at radius 1 is 1.38 bits per heavy atom. The summed E-state index contributed by atoms with van der Waals surface area (Å²) in [6, 6.07) is 0. The van der Waals surface area contributed by atoms with E-state index >= 15 is 0 Å². The molecule has 0 saturated heterocycles. The second-order valence-electron chi connectivity index (χ2n) is 3.04. The number of nitrogens with one attached hydrogen (secondary N) is 1. The van der Waals surface area contributed by atoms with E-state index < -0.39 is 11.8 Å². The largest absolute Gasteiger partial charge is 0.348 e. The minimum absolute atomic E-state index is 0.155. The van der Waals surface area contributed by atoms with E-state index in [0.717, 1.165) is 4.90 Å². The molecule has 0 aromatic rings. The number of hydrogen-bond donors (Lipinski definition) is 2. The van der Waals surface area contributed by atoms with E-state index in [1.165, 1.54) is 0 Å². The van der Waals surface area contributed by atoms with Crippen LogP contribution in [0.3, 0.4) is 0 Å². The molecule has 0 atom stereocenters. The fourth-order valence-electron chi connectivity index (χ4n) is 0.939. The van der Waals surface area contributed by atoms with Crippen LogP contribution in [0.5, 0.6) is 0 Å². The maximum atomic E-state index is 11.4. The average Bonchev–Trinajstić information content (AvgIpc) is 2.30. The Morgan fingerprint density at radius 3 is 2.56 bits per heavy atom. The second-order valence-corrected chi connectivity index (χ2v) is 3.42. The molecule has 0 aliphatic carbocycles. The Hall–Kier alpha value is -1.14. The quantitative estimate of drug-likeness (QED) is 0.264. The molecule has 0 rings (SSSR count). The average molecular weight is 250 g/mol. The Balaban J connectivity index is 4.06. The summed E-state index contributed by atoms with van der Waals surface area (Å²) in [6.45, 7) is 0.824. The van der Waals surface area contributed by atoms with Gasteiger partial charge in [0.15, 0.2) is 0 Å². The number of imide groups is 1. The number of hydrogen-bond acceptors (Lipinski definition) is 4. The van der Waals surface area contributed by atoms with Crippen molar-refractivity contribution in [3.63, 3.8) is 0 Å². The van der Waals surface area contributed by atoms with Gasteiger partial charge in [0.25, 0.3) is 0 Å². The molecular weight excluding hydrogens is 234 g/mol. The highest BCUT2D eigenvalue weighted by Crippen LogP contribution is 1.89. The number of amides is 3. The fraction of sp³-hybridized carbons (Fsp3) is 0.667. The predicted molar refractivity (Wildman–Crippen MR) is 59.8 cm³/mol. The van der Waals surface area contributed by atoms with Crippen molar-refractivity contribution < 1.29 is 14.4 Å². The van der Waals surface area contributed by atoms with Crippen LogP contribution >= 0.6 is 11.6 Å². The third-order valence-corrected chi connectivity index (χ3v) is 2.05. The number of nitrogens with zero attached hydrogens (tertiary/aromatic N) is 1. The van der Waals surface area contributed by atoms with E-state index in [4.69, 9.17) is 17.3 Å². The molecule has 0 aromatic heterocycles. The summed E-state index contributed by atoms with van der Waals surface area (Å²) >= 11 is 5.41. The zero-order valence-corrected chi connectivity index (χ0v) is 9.70. The highest BCUT2D eigenvalue weighted by molar-refractivity contribution is 6.36. The van der Waals surface area contributed by atoms with Crippen molar-refractivity contribution in [2.24, 2.45) is 5.73 Å². The van der Waals surface area contributed by atoms with Crippen LogP contribution in [0.2, 0.25) is 0 Å². The van der Waals surface area contributed by atoms with Crippen LogP contribution in [-0.4, -0.2) is 48.6 Å². The maximum Gasteiger partial charge on any atom is 0.318 e.